The van der Waals surface area contributed by atoms with Crippen molar-refractivity contribution in [3.63, 3.8) is 0 Å². The van der Waals surface area contributed by atoms with Gasteiger partial charge in [-0.3, -0.25) is 0 Å². The summed E-state index contributed by atoms with van der Waals surface area (Å²) >= 11 is 3.53. The van der Waals surface area contributed by atoms with Crippen LogP contribution in [0.2, 0.25) is 0 Å². The molecule has 0 spiro atoms. The maximum Gasteiger partial charge on any atom is 0.180 e. The topological polar surface area (TPSA) is 18.5 Å². The molecule has 2 aromatic heterocycles. The third-order valence-electron chi connectivity index (χ3n) is 3.28. The predicted molar refractivity (Wildman–Crippen MR) is 97.7 cm³/mol. The second-order valence-corrected chi connectivity index (χ2v) is 7.78. The average molecular weight is 337 g/mol. The Morgan fingerprint density at radius 2 is 1.14 bits per heavy atom. The van der Waals surface area contributed by atoms with Crippen LogP contribution in [0.1, 0.15) is 44.5 Å². The Hall–Kier alpha value is -1.26. The van der Waals surface area contributed by atoms with E-state index in [1.165, 1.54) is 30.6 Å². The highest BCUT2D eigenvalue weighted by molar-refractivity contribution is 7.14. The summed E-state index contributed by atoms with van der Waals surface area (Å²) in [5, 5.41) is 0. The first-order valence-corrected chi connectivity index (χ1v) is 9.25. The zero-order valence-corrected chi connectivity index (χ0v) is 15.8. The molecule has 0 amide bonds. The van der Waals surface area contributed by atoms with Gasteiger partial charge in [0, 0.05) is 9.75 Å². The molecular weight excluding hydrogens is 312 g/mol. The molecule has 0 fully saturated rings. The standard InChI is InChI=1S/C18H24O2S2/c1-7-19-15(17-11(3)9-13(5)21-17)16(20-8-2)18-12(4)10-14(6)22-18/h9-10H,7-8H2,1-6H3/b16-15+. The summed E-state index contributed by atoms with van der Waals surface area (Å²) in [6.07, 6.45) is 0. The van der Waals surface area contributed by atoms with Crippen LogP contribution in [-0.2, 0) is 9.47 Å². The van der Waals surface area contributed by atoms with Crippen LogP contribution in [0.5, 0.6) is 0 Å². The van der Waals surface area contributed by atoms with E-state index in [0.717, 1.165) is 11.5 Å². The summed E-state index contributed by atoms with van der Waals surface area (Å²) in [5.41, 5.74) is 2.49. The lowest BCUT2D eigenvalue weighted by molar-refractivity contribution is 0.262. The third-order valence-corrected chi connectivity index (χ3v) is 5.58. The lowest BCUT2D eigenvalue weighted by Crippen LogP contribution is -2.00. The normalized spacial score (nSPS) is 12.3. The predicted octanol–water partition coefficient (Wildman–Crippen LogP) is 5.94. The van der Waals surface area contributed by atoms with Crippen LogP contribution in [0.15, 0.2) is 12.1 Å². The maximum atomic E-state index is 6.03. The Morgan fingerprint density at radius 1 is 0.773 bits per heavy atom. The molecule has 2 rings (SSSR count). The molecule has 0 radical (unpaired) electrons. The number of thiophene rings is 2. The lowest BCUT2D eigenvalue weighted by atomic mass is 10.2. The van der Waals surface area contributed by atoms with Gasteiger partial charge < -0.3 is 9.47 Å². The van der Waals surface area contributed by atoms with E-state index in [4.69, 9.17) is 9.47 Å². The van der Waals surface area contributed by atoms with Gasteiger partial charge in [0.05, 0.1) is 23.0 Å². The molecule has 120 valence electrons. The molecule has 0 aliphatic carbocycles. The van der Waals surface area contributed by atoms with Gasteiger partial charge in [-0.25, -0.2) is 0 Å². The number of ether oxygens (including phenoxy) is 2. The van der Waals surface area contributed by atoms with E-state index in [1.807, 2.05) is 13.8 Å². The highest BCUT2D eigenvalue weighted by atomic mass is 32.1. The van der Waals surface area contributed by atoms with Crippen molar-refractivity contribution >= 4 is 34.2 Å². The first kappa shape index (κ1) is 17.1. The second kappa shape index (κ2) is 7.34. The molecule has 2 heterocycles. The highest BCUT2D eigenvalue weighted by Crippen LogP contribution is 2.38. The third kappa shape index (κ3) is 3.55. The summed E-state index contributed by atoms with van der Waals surface area (Å²) in [5.74, 6) is 1.76. The fourth-order valence-electron chi connectivity index (χ4n) is 2.49. The minimum absolute atomic E-state index is 0.631. The number of hydrogen-bond acceptors (Lipinski definition) is 4. The Labute approximate surface area is 141 Å². The summed E-state index contributed by atoms with van der Waals surface area (Å²) in [6, 6.07) is 4.41. The van der Waals surface area contributed by atoms with E-state index < -0.39 is 0 Å². The van der Waals surface area contributed by atoms with Crippen LogP contribution in [0, 0.1) is 27.7 Å². The van der Waals surface area contributed by atoms with Crippen molar-refractivity contribution < 1.29 is 9.47 Å². The lowest BCUT2D eigenvalue weighted by Gasteiger charge is -2.15. The van der Waals surface area contributed by atoms with Crippen molar-refractivity contribution in [2.75, 3.05) is 13.2 Å². The molecule has 0 N–H and O–H groups in total. The molecule has 0 aliphatic rings. The quantitative estimate of drug-likeness (QED) is 0.608. The number of rotatable bonds is 6. The van der Waals surface area contributed by atoms with E-state index in [9.17, 15) is 0 Å². The van der Waals surface area contributed by atoms with Gasteiger partial charge in [0.1, 0.15) is 0 Å². The van der Waals surface area contributed by atoms with Gasteiger partial charge in [-0.15, -0.1) is 22.7 Å². The first-order chi connectivity index (χ1) is 10.5. The molecule has 0 saturated carbocycles. The molecular formula is C18H24O2S2. The van der Waals surface area contributed by atoms with Crippen molar-refractivity contribution in [2.45, 2.75) is 41.5 Å². The van der Waals surface area contributed by atoms with Gasteiger partial charge in [-0.05, 0) is 64.8 Å². The van der Waals surface area contributed by atoms with E-state index in [2.05, 4.69) is 39.8 Å². The van der Waals surface area contributed by atoms with Gasteiger partial charge in [-0.2, -0.15) is 0 Å². The SMILES string of the molecule is CCO/C(=C(/OCC)c1sc(C)cc1C)c1sc(C)cc1C. The van der Waals surface area contributed by atoms with Crippen molar-refractivity contribution in [1.29, 1.82) is 0 Å². The Morgan fingerprint density at radius 3 is 1.36 bits per heavy atom. The van der Waals surface area contributed by atoms with E-state index in [0.29, 0.717) is 13.2 Å². The summed E-state index contributed by atoms with van der Waals surface area (Å²) in [6.45, 7) is 13.8. The Bertz CT molecular complexity index is 619. The molecule has 0 aliphatic heterocycles. The van der Waals surface area contributed by atoms with Crippen LogP contribution >= 0.6 is 22.7 Å². The molecule has 2 aromatic rings. The molecule has 0 saturated heterocycles. The number of hydrogen-bond donors (Lipinski definition) is 0. The molecule has 0 atom stereocenters. The van der Waals surface area contributed by atoms with Gasteiger partial charge >= 0.3 is 0 Å². The summed E-state index contributed by atoms with van der Waals surface area (Å²) in [7, 11) is 0. The fourth-order valence-corrected chi connectivity index (χ4v) is 4.53. The van der Waals surface area contributed by atoms with Crippen molar-refractivity contribution in [3.05, 3.63) is 42.8 Å². The van der Waals surface area contributed by atoms with E-state index in [-0.39, 0.29) is 0 Å². The molecule has 0 bridgehead atoms. The van der Waals surface area contributed by atoms with Crippen LogP contribution in [0.25, 0.3) is 11.5 Å². The highest BCUT2D eigenvalue weighted by Gasteiger charge is 2.21. The molecule has 4 heteroatoms. The van der Waals surface area contributed by atoms with Crippen LogP contribution in [0.4, 0.5) is 0 Å². The van der Waals surface area contributed by atoms with Gasteiger partial charge in [-0.1, -0.05) is 0 Å². The molecule has 0 unspecified atom stereocenters. The van der Waals surface area contributed by atoms with E-state index >= 15 is 0 Å². The minimum atomic E-state index is 0.631. The second-order valence-electron chi connectivity index (χ2n) is 5.26. The minimum Gasteiger partial charge on any atom is -0.488 e. The zero-order chi connectivity index (χ0) is 16.3. The van der Waals surface area contributed by atoms with Crippen molar-refractivity contribution in [2.24, 2.45) is 0 Å². The van der Waals surface area contributed by atoms with Crippen LogP contribution in [0.3, 0.4) is 0 Å². The van der Waals surface area contributed by atoms with Crippen LogP contribution in [-0.4, -0.2) is 13.2 Å². The van der Waals surface area contributed by atoms with Crippen LogP contribution < -0.4 is 0 Å². The van der Waals surface area contributed by atoms with Gasteiger partial charge in [0.25, 0.3) is 0 Å². The van der Waals surface area contributed by atoms with Gasteiger partial charge in [0.2, 0.25) is 0 Å². The summed E-state index contributed by atoms with van der Waals surface area (Å²) in [4.78, 5) is 4.93. The maximum absolute atomic E-state index is 6.03. The van der Waals surface area contributed by atoms with Gasteiger partial charge in [0.15, 0.2) is 11.5 Å². The smallest absolute Gasteiger partial charge is 0.180 e. The number of aryl methyl sites for hydroxylation is 4. The summed E-state index contributed by atoms with van der Waals surface area (Å²) < 4.78 is 12.1. The average Bonchev–Trinajstić information content (AvgIpc) is 2.95. The molecule has 22 heavy (non-hydrogen) atoms. The monoisotopic (exact) mass is 336 g/mol. The van der Waals surface area contributed by atoms with Crippen molar-refractivity contribution in [1.82, 2.24) is 0 Å². The van der Waals surface area contributed by atoms with E-state index in [1.54, 1.807) is 22.7 Å². The van der Waals surface area contributed by atoms with Crippen molar-refractivity contribution in [3.8, 4) is 0 Å². The molecule has 2 nitrogen and oxygen atoms in total. The molecule has 0 aromatic carbocycles. The Balaban J connectivity index is 2.66. The fraction of sp³-hybridized carbons (Fsp3) is 0.444. The first-order valence-electron chi connectivity index (χ1n) is 7.62. The zero-order valence-electron chi connectivity index (χ0n) is 14.2. The Kier molecular flexibility index (Phi) is 5.70. The largest absolute Gasteiger partial charge is 0.488 e.